The molecular weight excluding hydrogens is 422 g/mol. The van der Waals surface area contributed by atoms with Crippen LogP contribution < -0.4 is 11.4 Å². The standard InChI is InChI=1S/C29H41N3O2/c1-27(2)20-12-15-28(27,3)23(18-20)30-25(33)31-22-13-16-29(32(31)26(30)34)14-10-8-6-4-5-7-9-11-19-17-21(22)24(19)29/h13,16-17,20-24H,4-12,14-15,18H2,1-3H3/t20-,21+,22-,23+,24-,28-,29+/m0/s1. The highest BCUT2D eigenvalue weighted by molar-refractivity contribution is 5.38. The molecule has 5 nitrogen and oxygen atoms in total. The molecule has 1 aromatic heterocycles. The Labute approximate surface area is 202 Å². The first-order valence-electron chi connectivity index (χ1n) is 14.2. The molecule has 3 fully saturated rings. The molecule has 3 heterocycles. The van der Waals surface area contributed by atoms with Crippen LogP contribution in [-0.2, 0) is 5.54 Å². The van der Waals surface area contributed by atoms with Crippen molar-refractivity contribution in [2.24, 2.45) is 28.6 Å². The van der Waals surface area contributed by atoms with Gasteiger partial charge < -0.3 is 0 Å². The first-order chi connectivity index (χ1) is 16.3. The molecule has 0 amide bonds. The van der Waals surface area contributed by atoms with Crippen LogP contribution in [0.1, 0.15) is 110 Å². The summed E-state index contributed by atoms with van der Waals surface area (Å²) in [4.78, 5) is 28.4. The van der Waals surface area contributed by atoms with Crippen molar-refractivity contribution in [2.45, 2.75) is 115 Å². The normalized spacial score (nSPS) is 44.0. The predicted molar refractivity (Wildman–Crippen MR) is 134 cm³/mol. The fourth-order valence-electron chi connectivity index (χ4n) is 9.60. The van der Waals surface area contributed by atoms with E-state index in [-0.39, 0.29) is 39.8 Å². The summed E-state index contributed by atoms with van der Waals surface area (Å²) in [7, 11) is 0. The van der Waals surface area contributed by atoms with Gasteiger partial charge in [-0.15, -0.1) is 0 Å². The SMILES string of the molecule is CC1(C)[C@H]2CC[C@@]1(C)[C@H](n1c(=O)n3n(c1=O)[C@@]14C=C[C@H]3[C@H]3C=C(CCCCCCCCC1)[C@@H]34)C2. The Morgan fingerprint density at radius 2 is 1.65 bits per heavy atom. The summed E-state index contributed by atoms with van der Waals surface area (Å²) in [6, 6.07) is 0.0309. The fraction of sp³-hybridized carbons (Fsp3) is 0.793. The van der Waals surface area contributed by atoms with Gasteiger partial charge in [-0.2, -0.15) is 0 Å². The number of fused-ring (bicyclic) bond motifs is 2. The van der Waals surface area contributed by atoms with Gasteiger partial charge in [0, 0.05) is 17.9 Å². The van der Waals surface area contributed by atoms with E-state index >= 15 is 0 Å². The van der Waals surface area contributed by atoms with Crippen molar-refractivity contribution in [3.05, 3.63) is 44.8 Å². The lowest BCUT2D eigenvalue weighted by atomic mass is 9.55. The summed E-state index contributed by atoms with van der Waals surface area (Å²) < 4.78 is 5.64. The molecule has 0 saturated heterocycles. The van der Waals surface area contributed by atoms with Crippen LogP contribution >= 0.6 is 0 Å². The minimum absolute atomic E-state index is 0.00406. The molecule has 0 aromatic carbocycles. The van der Waals surface area contributed by atoms with E-state index in [1.807, 2.05) is 9.36 Å². The maximum Gasteiger partial charge on any atom is 0.348 e. The monoisotopic (exact) mass is 463 g/mol. The Kier molecular flexibility index (Phi) is 4.37. The van der Waals surface area contributed by atoms with Gasteiger partial charge in [0.15, 0.2) is 0 Å². The van der Waals surface area contributed by atoms with Gasteiger partial charge in [-0.25, -0.2) is 23.5 Å². The van der Waals surface area contributed by atoms with E-state index in [9.17, 15) is 9.59 Å². The molecule has 2 aliphatic heterocycles. The average molecular weight is 464 g/mol. The molecule has 0 N–H and O–H groups in total. The number of nitrogens with zero attached hydrogens (tertiary/aromatic N) is 3. The van der Waals surface area contributed by atoms with E-state index in [1.165, 1.54) is 51.4 Å². The van der Waals surface area contributed by atoms with Gasteiger partial charge in [0.2, 0.25) is 0 Å². The molecule has 34 heavy (non-hydrogen) atoms. The van der Waals surface area contributed by atoms with Crippen molar-refractivity contribution in [1.82, 2.24) is 13.9 Å². The smallest absolute Gasteiger partial charge is 0.246 e. The Balaban J connectivity index is 1.38. The average Bonchev–Trinajstić information content (AvgIpc) is 3.25. The van der Waals surface area contributed by atoms with Gasteiger partial charge in [0.05, 0.1) is 11.6 Å². The van der Waals surface area contributed by atoms with Crippen molar-refractivity contribution >= 4 is 0 Å². The highest BCUT2D eigenvalue weighted by atomic mass is 16.2. The Morgan fingerprint density at radius 1 is 0.912 bits per heavy atom. The van der Waals surface area contributed by atoms with Gasteiger partial charge in [0.25, 0.3) is 0 Å². The van der Waals surface area contributed by atoms with Crippen LogP contribution in [0.15, 0.2) is 33.4 Å². The van der Waals surface area contributed by atoms with Gasteiger partial charge in [-0.05, 0) is 55.3 Å². The summed E-state index contributed by atoms with van der Waals surface area (Å²) in [6.07, 6.45) is 21.5. The third-order valence-corrected chi connectivity index (χ3v) is 12.0. The molecular formula is C29H41N3O2. The van der Waals surface area contributed by atoms with E-state index in [0.29, 0.717) is 17.8 Å². The molecule has 7 aliphatic rings. The van der Waals surface area contributed by atoms with Crippen molar-refractivity contribution in [3.8, 4) is 0 Å². The van der Waals surface area contributed by atoms with Crippen molar-refractivity contribution in [3.63, 3.8) is 0 Å². The number of rotatable bonds is 1. The second-order valence-electron chi connectivity index (χ2n) is 13.3. The molecule has 3 saturated carbocycles. The molecule has 184 valence electrons. The first kappa shape index (κ1) is 21.5. The number of hydrogen-bond donors (Lipinski definition) is 0. The molecule has 0 unspecified atom stereocenters. The zero-order chi connectivity index (χ0) is 23.5. The molecule has 1 spiro atoms. The van der Waals surface area contributed by atoms with Gasteiger partial charge in [-0.3, -0.25) is 0 Å². The second kappa shape index (κ2) is 6.91. The molecule has 5 aliphatic carbocycles. The van der Waals surface area contributed by atoms with Gasteiger partial charge >= 0.3 is 11.4 Å². The Morgan fingerprint density at radius 3 is 2.35 bits per heavy atom. The third kappa shape index (κ3) is 2.38. The lowest BCUT2D eigenvalue weighted by Crippen LogP contribution is -2.62. The zero-order valence-corrected chi connectivity index (χ0v) is 21.3. The zero-order valence-electron chi connectivity index (χ0n) is 21.3. The van der Waals surface area contributed by atoms with Gasteiger partial charge in [0.1, 0.15) is 0 Å². The lowest BCUT2D eigenvalue weighted by molar-refractivity contribution is 0.0313. The summed E-state index contributed by atoms with van der Waals surface area (Å²) in [6.45, 7) is 7.09. The van der Waals surface area contributed by atoms with Crippen molar-refractivity contribution in [1.29, 1.82) is 0 Å². The van der Waals surface area contributed by atoms with Crippen LogP contribution in [0.5, 0.6) is 0 Å². The quantitative estimate of drug-likeness (QED) is 0.501. The minimum atomic E-state index is -0.349. The summed E-state index contributed by atoms with van der Waals surface area (Å²) in [5.74, 6) is 1.39. The highest BCUT2D eigenvalue weighted by Crippen LogP contribution is 2.69. The maximum atomic E-state index is 14.3. The van der Waals surface area contributed by atoms with Crippen LogP contribution in [-0.4, -0.2) is 13.9 Å². The summed E-state index contributed by atoms with van der Waals surface area (Å²) in [5.41, 5.74) is 1.33. The Hall–Kier alpha value is -1.78. The van der Waals surface area contributed by atoms with E-state index in [1.54, 1.807) is 10.1 Å². The Bertz CT molecular complexity index is 1210. The van der Waals surface area contributed by atoms with Gasteiger partial charge in [-0.1, -0.05) is 83.1 Å². The molecule has 4 bridgehead atoms. The van der Waals surface area contributed by atoms with Crippen LogP contribution in [0.4, 0.5) is 0 Å². The fourth-order valence-corrected chi connectivity index (χ4v) is 9.60. The van der Waals surface area contributed by atoms with E-state index < -0.39 is 0 Å². The lowest BCUT2D eigenvalue weighted by Gasteiger charge is -2.58. The van der Waals surface area contributed by atoms with Crippen LogP contribution in [0, 0.1) is 28.6 Å². The maximum absolute atomic E-state index is 14.3. The van der Waals surface area contributed by atoms with Crippen LogP contribution in [0.25, 0.3) is 0 Å². The molecule has 0 radical (unpaired) electrons. The topological polar surface area (TPSA) is 48.9 Å². The summed E-state index contributed by atoms with van der Waals surface area (Å²) in [5, 5.41) is 0. The van der Waals surface area contributed by atoms with Crippen LogP contribution in [0.3, 0.4) is 0 Å². The predicted octanol–water partition coefficient (Wildman–Crippen LogP) is 5.72. The van der Waals surface area contributed by atoms with E-state index in [4.69, 9.17) is 0 Å². The highest BCUT2D eigenvalue weighted by Gasteiger charge is 2.64. The van der Waals surface area contributed by atoms with E-state index in [2.05, 4.69) is 39.0 Å². The number of allylic oxidation sites excluding steroid dienone is 4. The number of hydrogen-bond acceptors (Lipinski definition) is 2. The number of aromatic nitrogens is 3. The van der Waals surface area contributed by atoms with Crippen molar-refractivity contribution < 1.29 is 0 Å². The molecule has 1 aromatic rings. The summed E-state index contributed by atoms with van der Waals surface area (Å²) >= 11 is 0. The van der Waals surface area contributed by atoms with Crippen LogP contribution in [0.2, 0.25) is 0 Å². The van der Waals surface area contributed by atoms with E-state index in [0.717, 1.165) is 25.7 Å². The molecule has 5 heteroatoms. The van der Waals surface area contributed by atoms with Crippen molar-refractivity contribution in [2.75, 3.05) is 0 Å². The first-order valence-corrected chi connectivity index (χ1v) is 14.2. The minimum Gasteiger partial charge on any atom is -0.246 e. The third-order valence-electron chi connectivity index (χ3n) is 12.0. The second-order valence-corrected chi connectivity index (χ2v) is 13.3. The molecule has 7 atom stereocenters. The molecule has 8 rings (SSSR count). The largest absolute Gasteiger partial charge is 0.348 e.